The second-order valence-electron chi connectivity index (χ2n) is 7.32. The third-order valence-corrected chi connectivity index (χ3v) is 6.78. The first-order chi connectivity index (χ1) is 16.5. The Morgan fingerprint density at radius 3 is 1.97 bits per heavy atom. The largest absolute Gasteiger partial charge is 0.461 e. The highest BCUT2D eigenvalue weighted by atomic mass is 35.5. The summed E-state index contributed by atoms with van der Waals surface area (Å²) in [4.78, 5) is 12.4. The monoisotopic (exact) mass is 534 g/mol. The average Bonchev–Trinajstić information content (AvgIpc) is 2.84. The van der Waals surface area contributed by atoms with E-state index in [9.17, 15) is 31.3 Å². The van der Waals surface area contributed by atoms with Crippen LogP contribution in [-0.4, -0.2) is 12.1 Å². The Balaban J connectivity index is 1.88. The maximum Gasteiger partial charge on any atom is 0.431 e. The van der Waals surface area contributed by atoms with Crippen molar-refractivity contribution >= 4 is 25.2 Å². The molecule has 1 unspecified atom stereocenters. The van der Waals surface area contributed by atoms with E-state index in [0.717, 1.165) is 0 Å². The van der Waals surface area contributed by atoms with E-state index >= 15 is 0 Å². The number of hydrogen-bond acceptors (Lipinski definition) is 5. The van der Waals surface area contributed by atoms with Gasteiger partial charge in [0.1, 0.15) is 12.4 Å². The molecule has 0 N–H and O–H groups in total. The second-order valence-corrected chi connectivity index (χ2v) is 9.71. The lowest BCUT2D eigenvalue weighted by Gasteiger charge is -2.23. The highest BCUT2D eigenvalue weighted by Crippen LogP contribution is 2.51. The van der Waals surface area contributed by atoms with Gasteiger partial charge in [0.15, 0.2) is 0 Å². The minimum Gasteiger partial charge on any atom is -0.461 e. The zero-order chi connectivity index (χ0) is 25.8. The fourth-order valence-electron chi connectivity index (χ4n) is 2.83. The van der Waals surface area contributed by atoms with Crippen LogP contribution in [0.25, 0.3) is 0 Å². The molecule has 3 aromatic rings. The first-order valence-corrected chi connectivity index (χ1v) is 12.1. The minimum absolute atomic E-state index is 0.120. The van der Waals surface area contributed by atoms with Crippen molar-refractivity contribution in [3.05, 3.63) is 94.3 Å². The van der Waals surface area contributed by atoms with Crippen LogP contribution in [0.3, 0.4) is 0 Å². The molecule has 2 atom stereocenters. The average molecular weight is 535 g/mol. The van der Waals surface area contributed by atoms with E-state index in [1.165, 1.54) is 31.2 Å². The maximum absolute atomic E-state index is 14.2. The van der Waals surface area contributed by atoms with Crippen molar-refractivity contribution in [1.29, 1.82) is 0 Å². The fourth-order valence-corrected chi connectivity index (χ4v) is 4.85. The minimum atomic E-state index is -4.77. The molecule has 0 spiro atoms. The summed E-state index contributed by atoms with van der Waals surface area (Å²) in [6, 6.07) is 13.7. The number of hydrogen-bond donors (Lipinski definition) is 0. The van der Waals surface area contributed by atoms with Gasteiger partial charge in [-0.25, -0.2) is 17.7 Å². The predicted molar refractivity (Wildman–Crippen MR) is 117 cm³/mol. The Morgan fingerprint density at radius 2 is 1.40 bits per heavy atom. The van der Waals surface area contributed by atoms with E-state index in [4.69, 9.17) is 25.4 Å². The summed E-state index contributed by atoms with van der Waals surface area (Å²) in [5.41, 5.74) is 0.659. The van der Waals surface area contributed by atoms with Crippen LogP contribution in [0, 0.1) is 35.0 Å². The Kier molecular flexibility index (Phi) is 8.40. The molecular formula is C23H17ClF5O5P. The van der Waals surface area contributed by atoms with Crippen LogP contribution in [0.4, 0.5) is 22.0 Å². The van der Waals surface area contributed by atoms with Crippen LogP contribution < -0.4 is 9.05 Å². The van der Waals surface area contributed by atoms with Crippen molar-refractivity contribution in [3.8, 4) is 11.5 Å². The second kappa shape index (κ2) is 11.1. The molecule has 35 heavy (non-hydrogen) atoms. The van der Waals surface area contributed by atoms with E-state index in [0.29, 0.717) is 5.56 Å². The summed E-state index contributed by atoms with van der Waals surface area (Å²) in [7, 11) is -4.77. The topological polar surface area (TPSA) is 61.8 Å². The molecule has 3 aromatic carbocycles. The lowest BCUT2D eigenvalue weighted by atomic mass is 10.2. The smallest absolute Gasteiger partial charge is 0.431 e. The van der Waals surface area contributed by atoms with E-state index in [1.807, 2.05) is 0 Å². The van der Waals surface area contributed by atoms with Gasteiger partial charge < -0.3 is 13.8 Å². The van der Waals surface area contributed by atoms with Crippen LogP contribution in [-0.2, 0) is 20.7 Å². The molecule has 186 valence electrons. The summed E-state index contributed by atoms with van der Waals surface area (Å²) in [6.07, 6.45) is -0.817. The number of rotatable bonds is 9. The Hall–Kier alpha value is -3.10. The van der Waals surface area contributed by atoms with Gasteiger partial charge in [-0.2, -0.15) is 8.78 Å². The van der Waals surface area contributed by atoms with Crippen LogP contribution in [0.2, 0.25) is 5.02 Å². The lowest BCUT2D eigenvalue weighted by Crippen LogP contribution is -2.21. The number of carbonyl (C=O) groups is 1. The molecule has 0 saturated heterocycles. The van der Waals surface area contributed by atoms with Crippen molar-refractivity contribution in [2.75, 3.05) is 6.16 Å². The highest BCUT2D eigenvalue weighted by Gasteiger charge is 2.38. The Morgan fingerprint density at radius 1 is 0.857 bits per heavy atom. The van der Waals surface area contributed by atoms with Crippen molar-refractivity contribution in [1.82, 2.24) is 0 Å². The lowest BCUT2D eigenvalue weighted by molar-refractivity contribution is -0.148. The number of esters is 1. The summed E-state index contributed by atoms with van der Waals surface area (Å²) < 4.78 is 97.8. The molecule has 0 fully saturated rings. The quantitative estimate of drug-likeness (QED) is 0.0966. The van der Waals surface area contributed by atoms with Crippen LogP contribution in [0.15, 0.2) is 54.6 Å². The molecule has 0 aromatic heterocycles. The Labute approximate surface area is 201 Å². The molecule has 5 nitrogen and oxygen atoms in total. The van der Waals surface area contributed by atoms with Crippen molar-refractivity contribution in [2.45, 2.75) is 13.5 Å². The molecule has 0 heterocycles. The van der Waals surface area contributed by atoms with E-state index in [-0.39, 0.29) is 17.4 Å². The van der Waals surface area contributed by atoms with Gasteiger partial charge in [-0.3, -0.25) is 4.79 Å². The van der Waals surface area contributed by atoms with Crippen molar-refractivity contribution in [2.24, 2.45) is 5.92 Å². The van der Waals surface area contributed by atoms with Gasteiger partial charge in [0.2, 0.25) is 34.8 Å². The third kappa shape index (κ3) is 6.52. The van der Waals surface area contributed by atoms with Gasteiger partial charge in [-0.1, -0.05) is 48.9 Å². The normalized spacial score (nSPS) is 13.6. The third-order valence-electron chi connectivity index (χ3n) is 4.58. The van der Waals surface area contributed by atoms with Gasteiger partial charge in [-0.15, -0.1) is 0 Å². The number of ether oxygens (including phenoxy) is 1. The molecule has 0 amide bonds. The van der Waals surface area contributed by atoms with Crippen LogP contribution in [0.1, 0.15) is 12.5 Å². The highest BCUT2D eigenvalue weighted by molar-refractivity contribution is 7.54. The van der Waals surface area contributed by atoms with Crippen LogP contribution >= 0.6 is 19.2 Å². The van der Waals surface area contributed by atoms with E-state index in [2.05, 4.69) is 0 Å². The maximum atomic E-state index is 14.2. The number of carbonyl (C=O) groups excluding carboxylic acids is 1. The van der Waals surface area contributed by atoms with Gasteiger partial charge in [-0.05, 0) is 29.8 Å². The van der Waals surface area contributed by atoms with Crippen LogP contribution in [0.5, 0.6) is 11.5 Å². The zero-order valence-electron chi connectivity index (χ0n) is 17.9. The van der Waals surface area contributed by atoms with Gasteiger partial charge >= 0.3 is 13.6 Å². The van der Waals surface area contributed by atoms with Crippen molar-refractivity contribution < 1.29 is 45.1 Å². The summed E-state index contributed by atoms with van der Waals surface area (Å²) in [5.74, 6) is -15.8. The molecule has 0 aliphatic rings. The van der Waals surface area contributed by atoms with Gasteiger partial charge in [0.05, 0.1) is 12.1 Å². The number of halogens is 6. The first-order valence-electron chi connectivity index (χ1n) is 9.96. The molecule has 0 radical (unpaired) electrons. The zero-order valence-corrected chi connectivity index (χ0v) is 19.6. The molecule has 3 rings (SSSR count). The molecule has 0 bridgehead atoms. The predicted octanol–water partition coefficient (Wildman–Crippen LogP) is 7.07. The summed E-state index contributed by atoms with van der Waals surface area (Å²) in [6.45, 7) is 1.15. The molecule has 12 heteroatoms. The van der Waals surface area contributed by atoms with E-state index < -0.39 is 60.5 Å². The fraction of sp³-hybridized carbons (Fsp3) is 0.174. The molecule has 0 aliphatic heterocycles. The molecule has 0 saturated carbocycles. The standard InChI is InChI=1S/C23H17ClF5O5P/c1-13(23(30)32-11-14-5-3-2-4-6-14)12-35(31,33-16-9-7-15(24)8-10-16)34-22-20(28)18(26)17(25)19(27)21(22)29/h2-10,13H,11-12H2,1H3/t13-,35?/m1/s1. The van der Waals surface area contributed by atoms with Gasteiger partial charge in [0, 0.05) is 5.02 Å². The first kappa shape index (κ1) is 26.5. The molecular weight excluding hydrogens is 518 g/mol. The Bertz CT molecular complexity index is 1230. The van der Waals surface area contributed by atoms with Crippen molar-refractivity contribution in [3.63, 3.8) is 0 Å². The SMILES string of the molecule is C[C@H](CP(=O)(Oc1ccc(Cl)cc1)Oc1c(F)c(F)c(F)c(F)c1F)C(=O)OCc1ccccc1. The summed E-state index contributed by atoms with van der Waals surface area (Å²) in [5, 5.41) is 0.269. The number of benzene rings is 3. The van der Waals surface area contributed by atoms with Gasteiger partial charge in [0.25, 0.3) is 0 Å². The molecule has 0 aliphatic carbocycles. The van der Waals surface area contributed by atoms with E-state index in [1.54, 1.807) is 30.3 Å². The summed E-state index contributed by atoms with van der Waals surface area (Å²) >= 11 is 5.78.